The first-order valence-electron chi connectivity index (χ1n) is 32.6. The van der Waals surface area contributed by atoms with Gasteiger partial charge in [-0.2, -0.15) is 0 Å². The zero-order valence-electron chi connectivity index (χ0n) is 50.8. The summed E-state index contributed by atoms with van der Waals surface area (Å²) in [5.41, 5.74) is 0. The molecule has 3 unspecified atom stereocenters. The number of allylic oxidation sites excluding steroid dienone is 3. The highest BCUT2D eigenvalue weighted by Gasteiger charge is 2.27. The van der Waals surface area contributed by atoms with E-state index in [0.29, 0.717) is 17.4 Å². The van der Waals surface area contributed by atoms with Crippen LogP contribution in [-0.4, -0.2) is 69.4 Å². The third-order valence-corrected chi connectivity index (χ3v) is 15.8. The van der Waals surface area contributed by atoms with Crippen LogP contribution in [0.25, 0.3) is 0 Å². The van der Waals surface area contributed by atoms with Gasteiger partial charge in [-0.25, -0.2) is 0 Å². The summed E-state index contributed by atoms with van der Waals surface area (Å²) in [6, 6.07) is -0.883. The Labute approximate surface area is 466 Å². The number of nitrogens with one attached hydrogen (secondary N) is 1. The zero-order chi connectivity index (χ0) is 55.0. The number of hydrogen-bond donors (Lipinski definition) is 1. The lowest BCUT2D eigenvalue weighted by Crippen LogP contribution is -2.47. The van der Waals surface area contributed by atoms with E-state index in [0.717, 1.165) is 57.8 Å². The van der Waals surface area contributed by atoms with Gasteiger partial charge in [-0.3, -0.25) is 14.2 Å². The van der Waals surface area contributed by atoms with Crippen molar-refractivity contribution in [1.82, 2.24) is 5.32 Å². The van der Waals surface area contributed by atoms with Crippen molar-refractivity contribution in [2.45, 2.75) is 341 Å². The number of phosphoric ester groups is 1. The van der Waals surface area contributed by atoms with Gasteiger partial charge < -0.3 is 28.5 Å². The van der Waals surface area contributed by atoms with Crippen LogP contribution < -0.4 is 10.2 Å². The first kappa shape index (κ1) is 73.5. The summed E-state index contributed by atoms with van der Waals surface area (Å²) in [7, 11) is 1.20. The summed E-state index contributed by atoms with van der Waals surface area (Å²) in [5, 5.41) is 3.04. The molecule has 75 heavy (non-hydrogen) atoms. The van der Waals surface area contributed by atoms with Crippen molar-refractivity contribution in [1.29, 1.82) is 0 Å². The van der Waals surface area contributed by atoms with Crippen LogP contribution in [0.1, 0.15) is 329 Å². The number of ether oxygens (including phenoxy) is 1. The molecule has 0 fully saturated rings. The van der Waals surface area contributed by atoms with E-state index in [1.165, 1.54) is 238 Å². The molecule has 0 saturated heterocycles. The monoisotopic (exact) mass is 1080 g/mol. The predicted molar refractivity (Wildman–Crippen MR) is 321 cm³/mol. The Morgan fingerprint density at radius 1 is 0.453 bits per heavy atom. The molecule has 0 heterocycles. The lowest BCUT2D eigenvalue weighted by Gasteiger charge is -2.30. The summed E-state index contributed by atoms with van der Waals surface area (Å²) in [6.07, 6.45) is 65.6. The Morgan fingerprint density at radius 3 is 1.13 bits per heavy atom. The molecule has 0 saturated carbocycles. The summed E-state index contributed by atoms with van der Waals surface area (Å²) in [6.45, 7) is 6.89. The van der Waals surface area contributed by atoms with Crippen molar-refractivity contribution < 1.29 is 37.3 Å². The van der Waals surface area contributed by atoms with Gasteiger partial charge in [0.2, 0.25) is 5.91 Å². The van der Waals surface area contributed by atoms with Gasteiger partial charge in [0.05, 0.1) is 33.8 Å². The Morgan fingerprint density at radius 2 is 0.773 bits per heavy atom. The Kier molecular flexibility index (Phi) is 54.7. The molecular formula is C65H127N2O7P. The van der Waals surface area contributed by atoms with Crippen LogP contribution >= 0.6 is 7.82 Å². The highest BCUT2D eigenvalue weighted by molar-refractivity contribution is 7.45. The smallest absolute Gasteiger partial charge is 0.306 e. The number of esters is 1. The molecule has 0 rings (SSSR count). The standard InChI is InChI=1S/C65H127N2O7P/c1-7-10-13-16-19-22-25-28-30-32-33-35-37-40-43-46-49-52-55-58-65(69)74-63(56-53-50-47-44-41-38-27-24-21-18-15-12-9-3)62(61-73-75(70,71)72-60-59-67(4,5)6)66-64(68)57-54-51-48-45-42-39-36-34-31-29-26-23-20-17-14-11-8-2/h28,30,53,56,62-63H,7-27,29,31-52,54-55,57-61H2,1-6H3,(H-,66,68,70,71)/b30-28+,56-53+. The van der Waals surface area contributed by atoms with Crippen LogP contribution in [-0.2, 0) is 27.9 Å². The van der Waals surface area contributed by atoms with Gasteiger partial charge >= 0.3 is 5.97 Å². The third kappa shape index (κ3) is 57.0. The first-order chi connectivity index (χ1) is 36.4. The second kappa shape index (κ2) is 55.8. The molecule has 10 heteroatoms. The topological polar surface area (TPSA) is 114 Å². The van der Waals surface area contributed by atoms with Gasteiger partial charge in [0.1, 0.15) is 19.3 Å². The van der Waals surface area contributed by atoms with Gasteiger partial charge in [-0.1, -0.05) is 283 Å². The zero-order valence-corrected chi connectivity index (χ0v) is 51.7. The number of amides is 1. The average Bonchev–Trinajstić information content (AvgIpc) is 3.37. The Balaban J connectivity index is 5.21. The second-order valence-corrected chi connectivity index (χ2v) is 25.0. The first-order valence-corrected chi connectivity index (χ1v) is 34.1. The molecule has 1 amide bonds. The van der Waals surface area contributed by atoms with E-state index < -0.39 is 20.0 Å². The number of unbranched alkanes of at least 4 members (excludes halogenated alkanes) is 42. The van der Waals surface area contributed by atoms with Crippen LogP contribution in [0.5, 0.6) is 0 Å². The molecule has 0 aliphatic rings. The maximum atomic E-state index is 13.5. The number of hydrogen-bond acceptors (Lipinski definition) is 7. The van der Waals surface area contributed by atoms with Crippen LogP contribution in [0, 0.1) is 0 Å². The van der Waals surface area contributed by atoms with Crippen LogP contribution in [0.4, 0.5) is 0 Å². The Bertz CT molecular complexity index is 1340. The molecule has 0 aromatic carbocycles. The van der Waals surface area contributed by atoms with Crippen molar-refractivity contribution in [2.75, 3.05) is 40.9 Å². The van der Waals surface area contributed by atoms with Gasteiger partial charge in [0.15, 0.2) is 0 Å². The molecule has 0 radical (unpaired) electrons. The normalized spacial score (nSPS) is 13.7. The van der Waals surface area contributed by atoms with E-state index in [1.807, 2.05) is 33.3 Å². The average molecular weight is 1080 g/mol. The maximum absolute atomic E-state index is 13.5. The van der Waals surface area contributed by atoms with Crippen molar-refractivity contribution in [3.8, 4) is 0 Å². The van der Waals surface area contributed by atoms with E-state index in [4.69, 9.17) is 13.8 Å². The Hall–Kier alpha value is -1.51. The van der Waals surface area contributed by atoms with E-state index >= 15 is 0 Å². The molecular weight excluding hydrogens is 952 g/mol. The van der Waals surface area contributed by atoms with E-state index in [-0.39, 0.29) is 31.5 Å². The molecule has 0 aliphatic carbocycles. The highest BCUT2D eigenvalue weighted by Crippen LogP contribution is 2.38. The highest BCUT2D eigenvalue weighted by atomic mass is 31.2. The molecule has 0 aliphatic heterocycles. The number of nitrogens with zero attached hydrogens (tertiary/aromatic N) is 1. The van der Waals surface area contributed by atoms with Gasteiger partial charge in [0.25, 0.3) is 7.82 Å². The lowest BCUT2D eigenvalue weighted by atomic mass is 10.0. The minimum Gasteiger partial charge on any atom is -0.756 e. The number of likely N-dealkylation sites (N-methyl/N-ethyl adjacent to an activating group) is 1. The second-order valence-electron chi connectivity index (χ2n) is 23.6. The number of phosphoric acid groups is 1. The predicted octanol–water partition coefficient (Wildman–Crippen LogP) is 19.5. The van der Waals surface area contributed by atoms with E-state index in [9.17, 15) is 19.0 Å². The molecule has 444 valence electrons. The van der Waals surface area contributed by atoms with Crippen molar-refractivity contribution >= 4 is 19.7 Å². The maximum Gasteiger partial charge on any atom is 0.306 e. The van der Waals surface area contributed by atoms with E-state index in [2.05, 4.69) is 38.2 Å². The molecule has 3 atom stereocenters. The minimum atomic E-state index is -4.69. The molecule has 0 bridgehead atoms. The molecule has 9 nitrogen and oxygen atoms in total. The summed E-state index contributed by atoms with van der Waals surface area (Å²) in [5.74, 6) is -0.524. The summed E-state index contributed by atoms with van der Waals surface area (Å²) < 4.78 is 30.4. The lowest BCUT2D eigenvalue weighted by molar-refractivity contribution is -0.870. The van der Waals surface area contributed by atoms with Gasteiger partial charge in [-0.15, -0.1) is 0 Å². The number of quaternary nitrogens is 1. The fraction of sp³-hybridized carbons (Fsp3) is 0.908. The quantitative estimate of drug-likeness (QED) is 0.0212. The summed E-state index contributed by atoms with van der Waals surface area (Å²) >= 11 is 0. The number of carbonyl (C=O) groups is 2. The minimum absolute atomic E-state index is 0.0187. The fourth-order valence-corrected chi connectivity index (χ4v) is 10.5. The SMILES string of the molecule is CCCCCCCC/C=C/CCCCCCCCCCCC(=O)OC(/C=C/CCCCCCCCCCCCC)C(COP(=O)([O-])OCC[N+](C)(C)C)NC(=O)CCCCCCCCCCCCCCCCCCC. The van der Waals surface area contributed by atoms with Crippen LogP contribution in [0.2, 0.25) is 0 Å². The molecule has 1 N–H and O–H groups in total. The van der Waals surface area contributed by atoms with Gasteiger partial charge in [0, 0.05) is 12.8 Å². The van der Waals surface area contributed by atoms with Crippen molar-refractivity contribution in [3.63, 3.8) is 0 Å². The van der Waals surface area contributed by atoms with Crippen molar-refractivity contribution in [2.24, 2.45) is 0 Å². The molecule has 0 aromatic heterocycles. The molecule has 0 spiro atoms. The van der Waals surface area contributed by atoms with Crippen LogP contribution in [0.3, 0.4) is 0 Å². The van der Waals surface area contributed by atoms with Gasteiger partial charge in [-0.05, 0) is 57.4 Å². The third-order valence-electron chi connectivity index (χ3n) is 14.9. The van der Waals surface area contributed by atoms with Crippen LogP contribution in [0.15, 0.2) is 24.3 Å². The van der Waals surface area contributed by atoms with Crippen molar-refractivity contribution in [3.05, 3.63) is 24.3 Å². The summed E-state index contributed by atoms with van der Waals surface area (Å²) in [4.78, 5) is 40.0. The molecule has 0 aromatic rings. The van der Waals surface area contributed by atoms with E-state index in [1.54, 1.807) is 0 Å². The largest absolute Gasteiger partial charge is 0.756 e. The number of rotatable bonds is 60. The fourth-order valence-electron chi connectivity index (χ4n) is 9.81. The number of carbonyl (C=O) groups excluding carboxylic acids is 2.